The molecule has 9 nitrogen and oxygen atoms in total. The summed E-state index contributed by atoms with van der Waals surface area (Å²) in [5, 5.41) is 8.90. The number of rotatable bonds is 4. The number of aromatic carboxylic acids is 1. The van der Waals surface area contributed by atoms with Gasteiger partial charge in [-0.05, 0) is 12.1 Å². The van der Waals surface area contributed by atoms with Gasteiger partial charge in [0.15, 0.2) is 11.5 Å². The molecule has 2 aromatic heterocycles. The molecule has 0 atom stereocenters. The number of amides is 2. The second-order valence-electron chi connectivity index (χ2n) is 6.99. The first-order chi connectivity index (χ1) is 14.9. The molecule has 1 aliphatic heterocycles. The van der Waals surface area contributed by atoms with Gasteiger partial charge in [-0.2, -0.15) is 0 Å². The average Bonchev–Trinajstić information content (AvgIpc) is 3.24. The molecule has 0 radical (unpaired) electrons. The zero-order chi connectivity index (χ0) is 22.1. The lowest BCUT2D eigenvalue weighted by Crippen LogP contribution is -2.52. The van der Waals surface area contributed by atoms with Crippen LogP contribution in [0.4, 0.5) is 4.39 Å². The fraction of sp³-hybridized carbons (Fsp3) is 0.190. The molecule has 158 valence electrons. The Morgan fingerprint density at radius 3 is 2.29 bits per heavy atom. The summed E-state index contributed by atoms with van der Waals surface area (Å²) < 4.78 is 14.3. The van der Waals surface area contributed by atoms with E-state index in [2.05, 4.69) is 9.97 Å². The highest BCUT2D eigenvalue weighted by Gasteiger charge is 2.31. The largest absolute Gasteiger partial charge is 0.476 e. The van der Waals surface area contributed by atoms with E-state index >= 15 is 0 Å². The van der Waals surface area contributed by atoms with Crippen LogP contribution in [0.3, 0.4) is 0 Å². The molecule has 2 amide bonds. The number of H-pyrrole nitrogens is 1. The second-order valence-corrected chi connectivity index (χ2v) is 6.99. The van der Waals surface area contributed by atoms with Crippen molar-refractivity contribution >= 4 is 34.5 Å². The number of hydrogen-bond donors (Lipinski definition) is 2. The molecule has 1 aromatic carbocycles. The van der Waals surface area contributed by atoms with E-state index < -0.39 is 29.2 Å². The first-order valence-electron chi connectivity index (χ1n) is 9.45. The first kappa shape index (κ1) is 20.2. The molecule has 0 saturated carbocycles. The highest BCUT2D eigenvalue weighted by Crippen LogP contribution is 2.24. The number of carbonyl (C=O) groups excluding carboxylic acids is 3. The van der Waals surface area contributed by atoms with Crippen molar-refractivity contribution < 1.29 is 28.7 Å². The Balaban J connectivity index is 1.50. The molecule has 1 fully saturated rings. The summed E-state index contributed by atoms with van der Waals surface area (Å²) in [5.74, 6) is -4.27. The number of fused-ring (bicyclic) bond motifs is 1. The van der Waals surface area contributed by atoms with Crippen LogP contribution in [0.1, 0.15) is 31.2 Å². The number of Topliss-reactive ketones (excluding diaryl/α,β-unsaturated/α-hetero) is 1. The number of nitrogens with zero attached hydrogens (tertiary/aromatic N) is 3. The maximum atomic E-state index is 14.3. The van der Waals surface area contributed by atoms with Crippen LogP contribution in [0, 0.1) is 5.82 Å². The van der Waals surface area contributed by atoms with E-state index in [1.807, 2.05) is 6.07 Å². The van der Waals surface area contributed by atoms with Gasteiger partial charge in [-0.15, -0.1) is 0 Å². The average molecular weight is 424 g/mol. The SMILES string of the molecule is O=C(O)c1ncc(F)c2c(C(=O)C(=O)N3CCN(C(=O)c4ccccc4)CC3)c[nH]c12. The third-order valence-electron chi connectivity index (χ3n) is 5.18. The molecule has 3 heterocycles. The van der Waals surface area contributed by atoms with Gasteiger partial charge in [0.2, 0.25) is 0 Å². The number of aromatic amines is 1. The van der Waals surface area contributed by atoms with Crippen LogP contribution in [0.5, 0.6) is 0 Å². The Hall–Kier alpha value is -4.08. The summed E-state index contributed by atoms with van der Waals surface area (Å²) in [7, 11) is 0. The van der Waals surface area contributed by atoms with Crippen molar-refractivity contribution in [3.63, 3.8) is 0 Å². The molecule has 3 aromatic rings. The van der Waals surface area contributed by atoms with E-state index in [9.17, 15) is 28.7 Å². The lowest BCUT2D eigenvalue weighted by Gasteiger charge is -2.34. The molecule has 2 N–H and O–H groups in total. The van der Waals surface area contributed by atoms with Crippen LogP contribution in [-0.2, 0) is 4.79 Å². The highest BCUT2D eigenvalue weighted by molar-refractivity contribution is 6.45. The summed E-state index contributed by atoms with van der Waals surface area (Å²) in [6.45, 7) is 0.802. The number of piperazine rings is 1. The summed E-state index contributed by atoms with van der Waals surface area (Å²) in [4.78, 5) is 58.2. The van der Waals surface area contributed by atoms with Crippen molar-refractivity contribution in [1.29, 1.82) is 0 Å². The number of benzene rings is 1. The number of halogens is 1. The van der Waals surface area contributed by atoms with E-state index in [-0.39, 0.29) is 48.6 Å². The predicted molar refractivity (Wildman–Crippen MR) is 106 cm³/mol. The van der Waals surface area contributed by atoms with Crippen LogP contribution in [-0.4, -0.2) is 74.6 Å². The molecule has 1 saturated heterocycles. The standard InChI is InChI=1S/C21H17FN4O5/c22-14-11-24-17(21(30)31)16-15(14)13(10-23-16)18(27)20(29)26-8-6-25(7-9-26)19(28)12-4-2-1-3-5-12/h1-5,10-11,23H,6-9H2,(H,30,31). The van der Waals surface area contributed by atoms with Crippen LogP contribution in [0.2, 0.25) is 0 Å². The van der Waals surface area contributed by atoms with E-state index in [4.69, 9.17) is 0 Å². The fourth-order valence-electron chi connectivity index (χ4n) is 3.58. The lowest BCUT2D eigenvalue weighted by molar-refractivity contribution is -0.127. The Labute approximate surface area is 175 Å². The Bertz CT molecular complexity index is 1200. The number of carboxylic acids is 1. The van der Waals surface area contributed by atoms with Crippen molar-refractivity contribution in [2.75, 3.05) is 26.2 Å². The number of nitrogens with one attached hydrogen (secondary N) is 1. The van der Waals surface area contributed by atoms with E-state index in [0.717, 1.165) is 6.20 Å². The monoisotopic (exact) mass is 424 g/mol. The molecular formula is C21H17FN4O5. The van der Waals surface area contributed by atoms with Gasteiger partial charge in [0.1, 0.15) is 0 Å². The lowest BCUT2D eigenvalue weighted by atomic mass is 10.1. The van der Waals surface area contributed by atoms with E-state index in [1.54, 1.807) is 29.2 Å². The molecule has 1 aliphatic rings. The normalized spacial score (nSPS) is 14.0. The van der Waals surface area contributed by atoms with Crippen LogP contribution in [0.15, 0.2) is 42.7 Å². The number of aromatic nitrogens is 2. The first-order valence-corrected chi connectivity index (χ1v) is 9.45. The van der Waals surface area contributed by atoms with Crippen molar-refractivity contribution in [2.24, 2.45) is 0 Å². The Morgan fingerprint density at radius 1 is 1.00 bits per heavy atom. The van der Waals surface area contributed by atoms with Crippen molar-refractivity contribution in [1.82, 2.24) is 19.8 Å². The number of ketones is 1. The summed E-state index contributed by atoms with van der Waals surface area (Å²) in [5.41, 5.74) is -0.335. The smallest absolute Gasteiger partial charge is 0.356 e. The topological polar surface area (TPSA) is 124 Å². The third kappa shape index (κ3) is 3.63. The Kier molecular flexibility index (Phi) is 5.20. The van der Waals surface area contributed by atoms with Gasteiger partial charge in [0.25, 0.3) is 17.6 Å². The third-order valence-corrected chi connectivity index (χ3v) is 5.18. The van der Waals surface area contributed by atoms with Gasteiger partial charge >= 0.3 is 5.97 Å². The molecule has 4 rings (SSSR count). The summed E-state index contributed by atoms with van der Waals surface area (Å²) >= 11 is 0. The summed E-state index contributed by atoms with van der Waals surface area (Å²) in [6.07, 6.45) is 1.81. The minimum absolute atomic E-state index is 0.149. The second kappa shape index (κ2) is 7.98. The van der Waals surface area contributed by atoms with Crippen LogP contribution < -0.4 is 0 Å². The maximum Gasteiger partial charge on any atom is 0.356 e. The van der Waals surface area contributed by atoms with Crippen molar-refractivity contribution in [3.8, 4) is 0 Å². The molecule has 0 aliphatic carbocycles. The quantitative estimate of drug-likeness (QED) is 0.484. The van der Waals surface area contributed by atoms with E-state index in [0.29, 0.717) is 11.8 Å². The number of pyridine rings is 1. The van der Waals surface area contributed by atoms with Gasteiger partial charge in [-0.1, -0.05) is 18.2 Å². The summed E-state index contributed by atoms with van der Waals surface area (Å²) in [6, 6.07) is 8.74. The van der Waals surface area contributed by atoms with Gasteiger partial charge in [0, 0.05) is 37.9 Å². The number of hydrogen-bond acceptors (Lipinski definition) is 5. The predicted octanol–water partition coefficient (Wildman–Crippen LogP) is 1.57. The molecule has 10 heteroatoms. The maximum absolute atomic E-state index is 14.3. The molecule has 31 heavy (non-hydrogen) atoms. The minimum Gasteiger partial charge on any atom is -0.476 e. The molecule has 0 bridgehead atoms. The molecule has 0 unspecified atom stereocenters. The molecule has 0 spiro atoms. The zero-order valence-corrected chi connectivity index (χ0v) is 16.2. The number of carbonyl (C=O) groups is 4. The van der Waals surface area contributed by atoms with Gasteiger partial charge in [-0.25, -0.2) is 14.2 Å². The van der Waals surface area contributed by atoms with Crippen molar-refractivity contribution in [2.45, 2.75) is 0 Å². The fourth-order valence-corrected chi connectivity index (χ4v) is 3.58. The van der Waals surface area contributed by atoms with Crippen LogP contribution in [0.25, 0.3) is 10.9 Å². The van der Waals surface area contributed by atoms with Gasteiger partial charge in [0.05, 0.1) is 22.7 Å². The van der Waals surface area contributed by atoms with Gasteiger partial charge < -0.3 is 19.9 Å². The Morgan fingerprint density at radius 2 is 1.65 bits per heavy atom. The van der Waals surface area contributed by atoms with Gasteiger partial charge in [-0.3, -0.25) is 14.4 Å². The number of carboxylic acid groups (broad SMARTS) is 1. The van der Waals surface area contributed by atoms with E-state index in [1.165, 1.54) is 4.90 Å². The van der Waals surface area contributed by atoms with Crippen LogP contribution >= 0.6 is 0 Å². The highest BCUT2D eigenvalue weighted by atomic mass is 19.1. The van der Waals surface area contributed by atoms with Crippen molar-refractivity contribution in [3.05, 3.63) is 65.4 Å². The molecular weight excluding hydrogens is 407 g/mol. The minimum atomic E-state index is -1.39. The zero-order valence-electron chi connectivity index (χ0n) is 16.2.